The molecule has 9 nitrogen and oxygen atoms in total. The van der Waals surface area contributed by atoms with Gasteiger partial charge in [0.1, 0.15) is 11.5 Å². The molecule has 3 rings (SSSR count). The van der Waals surface area contributed by atoms with E-state index < -0.39 is 11.0 Å². The Labute approximate surface area is 139 Å². The molecule has 1 atom stereocenters. The van der Waals surface area contributed by atoms with Crippen LogP contribution in [0.2, 0.25) is 0 Å². The molecular formula is C15H21N4O5+. The van der Waals surface area contributed by atoms with E-state index in [1.807, 2.05) is 0 Å². The molecule has 0 aliphatic carbocycles. The third-order valence-electron chi connectivity index (χ3n) is 4.51. The van der Waals surface area contributed by atoms with Crippen LogP contribution in [0.15, 0.2) is 21.7 Å². The lowest BCUT2D eigenvalue weighted by Gasteiger charge is -2.38. The maximum absolute atomic E-state index is 11.9. The molecule has 9 heteroatoms. The van der Waals surface area contributed by atoms with Crippen molar-refractivity contribution in [2.75, 3.05) is 33.2 Å². The second-order valence-corrected chi connectivity index (χ2v) is 6.58. The summed E-state index contributed by atoms with van der Waals surface area (Å²) >= 11 is 0. The van der Waals surface area contributed by atoms with Crippen molar-refractivity contribution >= 4 is 18.2 Å². The maximum atomic E-state index is 11.9. The number of cyclic esters (lactones) is 1. The van der Waals surface area contributed by atoms with Crippen LogP contribution < -0.4 is 0 Å². The zero-order valence-electron chi connectivity index (χ0n) is 13.6. The molecule has 1 aromatic rings. The molecule has 0 saturated carbocycles. The van der Waals surface area contributed by atoms with Crippen molar-refractivity contribution in [3.63, 3.8) is 0 Å². The number of nitrogens with zero attached hydrogens (tertiary/aromatic N) is 4. The molecule has 2 saturated heterocycles. The molecule has 2 aliphatic heterocycles. The number of ether oxygens (including phenoxy) is 1. The van der Waals surface area contributed by atoms with Gasteiger partial charge in [-0.3, -0.25) is 10.1 Å². The highest BCUT2D eigenvalue weighted by Gasteiger charge is 2.37. The summed E-state index contributed by atoms with van der Waals surface area (Å²) in [7, 11) is 2.20. The lowest BCUT2D eigenvalue weighted by molar-refractivity contribution is -0.916. The van der Waals surface area contributed by atoms with Crippen LogP contribution in [0, 0.1) is 10.1 Å². The molecule has 2 fully saturated rings. The molecule has 0 bridgehead atoms. The highest BCUT2D eigenvalue weighted by atomic mass is 16.6. The molecule has 24 heavy (non-hydrogen) atoms. The number of rotatable bonds is 5. The van der Waals surface area contributed by atoms with E-state index in [2.05, 4.69) is 12.1 Å². The summed E-state index contributed by atoms with van der Waals surface area (Å²) in [5.74, 6) is -0.145. The topological polar surface area (TPSA) is 98.2 Å². The highest BCUT2D eigenvalue weighted by Crippen LogP contribution is 2.21. The summed E-state index contributed by atoms with van der Waals surface area (Å²) in [6.45, 7) is 3.37. The summed E-state index contributed by atoms with van der Waals surface area (Å²) in [4.78, 5) is 21.9. The van der Waals surface area contributed by atoms with Gasteiger partial charge < -0.3 is 13.6 Å². The van der Waals surface area contributed by atoms with Crippen LogP contribution in [0.25, 0.3) is 0 Å². The van der Waals surface area contributed by atoms with E-state index in [1.165, 1.54) is 42.6 Å². The van der Waals surface area contributed by atoms with Crippen LogP contribution in [0.5, 0.6) is 0 Å². The Morgan fingerprint density at radius 2 is 2.17 bits per heavy atom. The fourth-order valence-corrected chi connectivity index (χ4v) is 3.28. The molecule has 0 unspecified atom stereocenters. The van der Waals surface area contributed by atoms with E-state index in [0.717, 1.165) is 24.1 Å². The first-order chi connectivity index (χ1) is 11.5. The predicted molar refractivity (Wildman–Crippen MR) is 84.6 cm³/mol. The summed E-state index contributed by atoms with van der Waals surface area (Å²) in [6.07, 6.45) is 4.27. The molecular weight excluding hydrogens is 316 g/mol. The number of quaternary nitrogens is 1. The molecule has 0 radical (unpaired) electrons. The van der Waals surface area contributed by atoms with Crippen molar-refractivity contribution in [2.45, 2.75) is 25.4 Å². The van der Waals surface area contributed by atoms with Gasteiger partial charge in [0.25, 0.3) is 0 Å². The van der Waals surface area contributed by atoms with Crippen molar-refractivity contribution in [3.05, 3.63) is 28.0 Å². The van der Waals surface area contributed by atoms with E-state index >= 15 is 0 Å². The number of likely N-dealkylation sites (tertiary alicyclic amines) is 1. The van der Waals surface area contributed by atoms with Crippen molar-refractivity contribution < 1.29 is 23.4 Å². The van der Waals surface area contributed by atoms with Gasteiger partial charge in [-0.05, 0) is 25.3 Å². The highest BCUT2D eigenvalue weighted by molar-refractivity contribution is 5.78. The molecule has 3 heterocycles. The first-order valence-electron chi connectivity index (χ1n) is 8.05. The fourth-order valence-electron chi connectivity index (χ4n) is 3.28. The number of furan rings is 1. The molecule has 0 aromatic carbocycles. The monoisotopic (exact) mass is 337 g/mol. The van der Waals surface area contributed by atoms with Gasteiger partial charge in [-0.2, -0.15) is 10.1 Å². The number of nitro groups is 1. The Hall–Kier alpha value is -2.42. The lowest BCUT2D eigenvalue weighted by atomic mass is 10.1. The summed E-state index contributed by atoms with van der Waals surface area (Å²) in [5.41, 5.74) is 0. The standard InChI is InChI=1S/C15H21N4O5/c1-19(7-3-2-4-8-19)11-13-10-17(15(20)24-13)16-9-12-5-6-14(23-12)18(21)22/h5-6,9,13H,2-4,7-8,10-11H2,1H3/q+1/b16-9-/t13-/m1/s1. The van der Waals surface area contributed by atoms with Crippen LogP contribution in [0.3, 0.4) is 0 Å². The first kappa shape index (κ1) is 16.4. The molecule has 130 valence electrons. The Bertz CT molecular complexity index is 650. The Kier molecular flexibility index (Phi) is 4.52. The van der Waals surface area contributed by atoms with Crippen molar-refractivity contribution in [2.24, 2.45) is 5.10 Å². The number of likely N-dealkylation sites (N-methyl/N-ethyl adjacent to an activating group) is 1. The molecule has 1 aromatic heterocycles. The molecule has 2 aliphatic rings. The van der Waals surface area contributed by atoms with Crippen LogP contribution in [0.1, 0.15) is 25.0 Å². The van der Waals surface area contributed by atoms with Gasteiger partial charge in [-0.25, -0.2) is 4.79 Å². The minimum Gasteiger partial charge on any atom is -0.437 e. The van der Waals surface area contributed by atoms with Crippen molar-refractivity contribution in [3.8, 4) is 0 Å². The number of piperidine rings is 1. The summed E-state index contributed by atoms with van der Waals surface area (Å²) < 4.78 is 11.3. The van der Waals surface area contributed by atoms with Gasteiger partial charge in [0.15, 0.2) is 11.9 Å². The van der Waals surface area contributed by atoms with Gasteiger partial charge in [0.2, 0.25) is 0 Å². The van der Waals surface area contributed by atoms with E-state index in [9.17, 15) is 14.9 Å². The summed E-state index contributed by atoms with van der Waals surface area (Å²) in [5, 5.41) is 15.8. The Morgan fingerprint density at radius 1 is 1.42 bits per heavy atom. The Morgan fingerprint density at radius 3 is 2.83 bits per heavy atom. The second-order valence-electron chi connectivity index (χ2n) is 6.58. The van der Waals surface area contributed by atoms with Gasteiger partial charge in [0, 0.05) is 0 Å². The zero-order chi connectivity index (χ0) is 17.2. The molecule has 0 spiro atoms. The molecule has 1 amide bonds. The van der Waals surface area contributed by atoms with Gasteiger partial charge >= 0.3 is 12.0 Å². The van der Waals surface area contributed by atoms with Crippen LogP contribution in [-0.2, 0) is 4.74 Å². The van der Waals surface area contributed by atoms with Crippen molar-refractivity contribution in [1.29, 1.82) is 0 Å². The van der Waals surface area contributed by atoms with E-state index in [1.54, 1.807) is 0 Å². The Balaban J connectivity index is 1.58. The lowest BCUT2D eigenvalue weighted by Crippen LogP contribution is -2.52. The zero-order valence-corrected chi connectivity index (χ0v) is 13.6. The van der Waals surface area contributed by atoms with E-state index in [0.29, 0.717) is 6.54 Å². The quantitative estimate of drug-likeness (QED) is 0.354. The molecule has 0 N–H and O–H groups in total. The largest absolute Gasteiger partial charge is 0.437 e. The van der Waals surface area contributed by atoms with Gasteiger partial charge in [-0.1, -0.05) is 0 Å². The number of carbonyl (C=O) groups excluding carboxylic acids is 1. The van der Waals surface area contributed by atoms with E-state index in [-0.39, 0.29) is 17.7 Å². The summed E-state index contributed by atoms with van der Waals surface area (Å²) in [6, 6.07) is 2.67. The van der Waals surface area contributed by atoms with Crippen LogP contribution in [0.4, 0.5) is 10.7 Å². The number of hydrazone groups is 1. The number of hydrogen-bond donors (Lipinski definition) is 0. The van der Waals surface area contributed by atoms with Gasteiger partial charge in [-0.15, -0.1) is 0 Å². The number of carbonyl (C=O) groups is 1. The van der Waals surface area contributed by atoms with Crippen LogP contribution >= 0.6 is 0 Å². The van der Waals surface area contributed by atoms with E-state index in [4.69, 9.17) is 9.15 Å². The third kappa shape index (κ3) is 3.73. The average Bonchev–Trinajstić information content (AvgIpc) is 3.12. The minimum absolute atomic E-state index is 0.191. The fraction of sp³-hybridized carbons (Fsp3) is 0.600. The maximum Gasteiger partial charge on any atom is 0.433 e. The van der Waals surface area contributed by atoms with Gasteiger partial charge in [0.05, 0.1) is 39.0 Å². The normalized spacial score (nSPS) is 23.6. The minimum atomic E-state index is -0.625. The SMILES string of the molecule is C[N+]1(C[C@H]2CN(/N=C\c3ccc([N+](=O)[O-])o3)C(=O)O2)CCCCC1. The number of amides is 1. The van der Waals surface area contributed by atoms with Crippen molar-refractivity contribution in [1.82, 2.24) is 5.01 Å². The number of hydrogen-bond acceptors (Lipinski definition) is 6. The predicted octanol–water partition coefficient (Wildman–Crippen LogP) is 1.97. The van der Waals surface area contributed by atoms with Crippen LogP contribution in [-0.4, -0.2) is 66.1 Å². The average molecular weight is 337 g/mol. The smallest absolute Gasteiger partial charge is 0.433 e. The first-order valence-corrected chi connectivity index (χ1v) is 8.05. The third-order valence-corrected chi connectivity index (χ3v) is 4.51. The second kappa shape index (κ2) is 6.60.